The lowest BCUT2D eigenvalue weighted by molar-refractivity contribution is -0.128. The summed E-state index contributed by atoms with van der Waals surface area (Å²) >= 11 is 1.55. The van der Waals surface area contributed by atoms with Crippen molar-refractivity contribution in [2.45, 2.75) is 18.6 Å². The molecule has 0 saturated heterocycles. The lowest BCUT2D eigenvalue weighted by Crippen LogP contribution is -2.23. The maximum absolute atomic E-state index is 12.7. The van der Waals surface area contributed by atoms with Gasteiger partial charge in [0.15, 0.2) is 5.16 Å². The van der Waals surface area contributed by atoms with Crippen LogP contribution in [0.4, 0.5) is 5.69 Å². The molecule has 0 radical (unpaired) electrons. The fraction of sp³-hybridized carbons (Fsp3) is 0.190. The first kappa shape index (κ1) is 19.7. The minimum Gasteiger partial charge on any atom is -0.342 e. The summed E-state index contributed by atoms with van der Waals surface area (Å²) in [5.74, 6) is -0.194. The van der Waals surface area contributed by atoms with Gasteiger partial charge in [0, 0.05) is 49.8 Å². The van der Waals surface area contributed by atoms with Gasteiger partial charge < -0.3 is 10.2 Å². The van der Waals surface area contributed by atoms with Gasteiger partial charge in [-0.3, -0.25) is 14.2 Å². The molecule has 1 N–H and O–H groups in total. The lowest BCUT2D eigenvalue weighted by Gasteiger charge is -2.15. The summed E-state index contributed by atoms with van der Waals surface area (Å²) in [6.45, 7) is 2.02. The van der Waals surface area contributed by atoms with Crippen molar-refractivity contribution in [1.29, 1.82) is 0 Å². The molecule has 1 heterocycles. The van der Waals surface area contributed by atoms with Gasteiger partial charge in [0.2, 0.25) is 5.91 Å². The average Bonchev–Trinajstić information content (AvgIpc) is 3.17. The first-order valence-corrected chi connectivity index (χ1v) is 10.00. The van der Waals surface area contributed by atoms with Gasteiger partial charge in [-0.1, -0.05) is 30.0 Å². The Morgan fingerprint density at radius 2 is 1.96 bits per heavy atom. The maximum Gasteiger partial charge on any atom is 0.255 e. The number of hydrogen-bond acceptors (Lipinski definition) is 4. The van der Waals surface area contributed by atoms with Crippen molar-refractivity contribution in [2.75, 3.05) is 18.6 Å². The van der Waals surface area contributed by atoms with Gasteiger partial charge in [0.25, 0.3) is 5.91 Å². The zero-order valence-corrected chi connectivity index (χ0v) is 16.9. The first-order valence-electron chi connectivity index (χ1n) is 8.77. The number of nitrogens with zero attached hydrogens (tertiary/aromatic N) is 3. The summed E-state index contributed by atoms with van der Waals surface area (Å²) in [4.78, 5) is 30.1. The molecule has 0 aliphatic heterocycles. The third kappa shape index (κ3) is 4.61. The molecule has 0 unspecified atom stereocenters. The van der Waals surface area contributed by atoms with Crippen LogP contribution in [0.3, 0.4) is 0 Å². The molecule has 0 aliphatic carbocycles. The summed E-state index contributed by atoms with van der Waals surface area (Å²) in [5.41, 5.74) is 3.08. The summed E-state index contributed by atoms with van der Waals surface area (Å²) < 4.78 is 1.94. The Hall–Kier alpha value is -3.06. The molecule has 144 valence electrons. The van der Waals surface area contributed by atoms with E-state index in [0.29, 0.717) is 17.8 Å². The zero-order chi connectivity index (χ0) is 20.1. The maximum atomic E-state index is 12.7. The van der Waals surface area contributed by atoms with Gasteiger partial charge in [-0.25, -0.2) is 4.98 Å². The van der Waals surface area contributed by atoms with Gasteiger partial charge in [-0.2, -0.15) is 0 Å². The number of hydrogen-bond donors (Lipinski definition) is 1. The van der Waals surface area contributed by atoms with Gasteiger partial charge in [-0.15, -0.1) is 0 Å². The van der Waals surface area contributed by atoms with E-state index in [4.69, 9.17) is 0 Å². The van der Waals surface area contributed by atoms with Crippen molar-refractivity contribution in [1.82, 2.24) is 14.5 Å². The SMILES string of the molecule is CSc1nccn1-c1cccc(C(=O)Nc2cccc(CN(C)C(C)=O)c2)c1. The number of carbonyl (C=O) groups is 2. The van der Waals surface area contributed by atoms with Crippen LogP contribution < -0.4 is 5.32 Å². The number of nitrogens with one attached hydrogen (secondary N) is 1. The Morgan fingerprint density at radius 3 is 2.71 bits per heavy atom. The Bertz CT molecular complexity index is 999. The molecule has 3 aromatic rings. The standard InChI is InChI=1S/C21H22N4O2S/c1-15(26)24(2)14-16-6-4-8-18(12-16)23-20(27)17-7-5-9-19(13-17)25-11-10-22-21(25)28-3/h4-13H,14H2,1-3H3,(H,23,27). The molecule has 0 aliphatic rings. The van der Waals surface area contributed by atoms with Gasteiger partial charge in [0.05, 0.1) is 0 Å². The number of thioether (sulfide) groups is 1. The smallest absolute Gasteiger partial charge is 0.255 e. The van der Waals surface area contributed by atoms with E-state index in [2.05, 4.69) is 10.3 Å². The highest BCUT2D eigenvalue weighted by molar-refractivity contribution is 7.98. The monoisotopic (exact) mass is 394 g/mol. The van der Waals surface area contributed by atoms with Crippen molar-refractivity contribution in [3.8, 4) is 5.69 Å². The molecular weight excluding hydrogens is 372 g/mol. The van der Waals surface area contributed by atoms with Crippen molar-refractivity contribution in [3.05, 3.63) is 72.1 Å². The highest BCUT2D eigenvalue weighted by atomic mass is 32.2. The quantitative estimate of drug-likeness (QED) is 0.646. The number of anilines is 1. The van der Waals surface area contributed by atoms with E-state index in [1.807, 2.05) is 59.5 Å². The van der Waals surface area contributed by atoms with Crippen LogP contribution >= 0.6 is 11.8 Å². The first-order chi connectivity index (χ1) is 13.5. The minimum absolute atomic E-state index is 0.00429. The minimum atomic E-state index is -0.190. The van der Waals surface area contributed by atoms with Crippen LogP contribution in [0.1, 0.15) is 22.8 Å². The summed E-state index contributed by atoms with van der Waals surface area (Å²) in [5, 5.41) is 3.79. The summed E-state index contributed by atoms with van der Waals surface area (Å²) in [6.07, 6.45) is 5.58. The molecule has 0 spiro atoms. The molecule has 3 rings (SSSR count). The number of amides is 2. The van der Waals surface area contributed by atoms with Crippen LogP contribution in [0.15, 0.2) is 66.1 Å². The van der Waals surface area contributed by atoms with Crippen LogP contribution in [0.2, 0.25) is 0 Å². The fourth-order valence-electron chi connectivity index (χ4n) is 2.77. The number of aromatic nitrogens is 2. The van der Waals surface area contributed by atoms with Crippen LogP contribution in [-0.4, -0.2) is 39.6 Å². The number of imidazole rings is 1. The number of rotatable bonds is 6. The topological polar surface area (TPSA) is 67.2 Å². The average molecular weight is 395 g/mol. The molecule has 0 atom stereocenters. The molecule has 7 heteroatoms. The van der Waals surface area contributed by atoms with Crippen molar-refractivity contribution in [2.24, 2.45) is 0 Å². The van der Waals surface area contributed by atoms with E-state index < -0.39 is 0 Å². The second kappa shape index (κ2) is 8.75. The highest BCUT2D eigenvalue weighted by Gasteiger charge is 2.10. The molecular formula is C21H22N4O2S. The predicted molar refractivity (Wildman–Crippen MR) is 112 cm³/mol. The van der Waals surface area contributed by atoms with E-state index in [1.165, 1.54) is 6.92 Å². The molecule has 0 bridgehead atoms. The van der Waals surface area contributed by atoms with Crippen molar-refractivity contribution >= 4 is 29.3 Å². The molecule has 6 nitrogen and oxygen atoms in total. The zero-order valence-electron chi connectivity index (χ0n) is 16.0. The van der Waals surface area contributed by atoms with Gasteiger partial charge in [-0.05, 0) is 42.2 Å². The van der Waals surface area contributed by atoms with E-state index in [1.54, 1.807) is 36.0 Å². The van der Waals surface area contributed by atoms with Crippen LogP contribution in [0, 0.1) is 0 Å². The molecule has 1 aromatic heterocycles. The van der Waals surface area contributed by atoms with Gasteiger partial charge in [0.1, 0.15) is 0 Å². The second-order valence-corrected chi connectivity index (χ2v) is 7.14. The number of benzene rings is 2. The van der Waals surface area contributed by atoms with Crippen LogP contribution in [0.25, 0.3) is 5.69 Å². The largest absolute Gasteiger partial charge is 0.342 e. The fourth-order valence-corrected chi connectivity index (χ4v) is 3.30. The Morgan fingerprint density at radius 1 is 1.18 bits per heavy atom. The van der Waals surface area contributed by atoms with Gasteiger partial charge >= 0.3 is 0 Å². The second-order valence-electron chi connectivity index (χ2n) is 6.36. The van der Waals surface area contributed by atoms with Crippen molar-refractivity contribution < 1.29 is 9.59 Å². The molecule has 0 fully saturated rings. The summed E-state index contributed by atoms with van der Waals surface area (Å²) in [6, 6.07) is 14.9. The molecule has 2 aromatic carbocycles. The summed E-state index contributed by atoms with van der Waals surface area (Å²) in [7, 11) is 1.75. The highest BCUT2D eigenvalue weighted by Crippen LogP contribution is 2.20. The third-order valence-corrected chi connectivity index (χ3v) is 4.99. The molecule has 28 heavy (non-hydrogen) atoms. The van der Waals surface area contributed by atoms with Crippen LogP contribution in [-0.2, 0) is 11.3 Å². The predicted octanol–water partition coefficient (Wildman–Crippen LogP) is 3.82. The van der Waals surface area contributed by atoms with E-state index >= 15 is 0 Å². The Labute approximate surface area is 168 Å². The Kier molecular flexibility index (Phi) is 6.16. The van der Waals surface area contributed by atoms with E-state index in [9.17, 15) is 9.59 Å². The van der Waals surface area contributed by atoms with E-state index in [0.717, 1.165) is 16.4 Å². The number of carbonyl (C=O) groups excluding carboxylic acids is 2. The normalized spacial score (nSPS) is 10.5. The lowest BCUT2D eigenvalue weighted by atomic mass is 10.1. The third-order valence-electron chi connectivity index (χ3n) is 4.32. The molecule has 2 amide bonds. The molecule has 0 saturated carbocycles. The van der Waals surface area contributed by atoms with Crippen molar-refractivity contribution in [3.63, 3.8) is 0 Å². The van der Waals surface area contributed by atoms with E-state index in [-0.39, 0.29) is 11.8 Å². The Balaban J connectivity index is 1.77. The van der Waals surface area contributed by atoms with Crippen LogP contribution in [0.5, 0.6) is 0 Å².